The Kier molecular flexibility index (Phi) is 3.16. The van der Waals surface area contributed by atoms with Gasteiger partial charge in [0.15, 0.2) is 0 Å². The van der Waals surface area contributed by atoms with Crippen molar-refractivity contribution >= 4 is 0 Å². The summed E-state index contributed by atoms with van der Waals surface area (Å²) in [5, 5.41) is 18.3. The lowest BCUT2D eigenvalue weighted by atomic mass is 10.1. The van der Waals surface area contributed by atoms with E-state index in [0.717, 1.165) is 11.1 Å². The lowest BCUT2D eigenvalue weighted by molar-refractivity contribution is 0.166. The Labute approximate surface area is 104 Å². The topological polar surface area (TPSA) is 66.0 Å². The Hall–Kier alpha value is -2.54. The van der Waals surface area contributed by atoms with Gasteiger partial charge in [-0.25, -0.2) is 0 Å². The number of rotatable bonds is 2. The number of nitrogens with zero attached hydrogens (tertiary/aromatic N) is 2. The molecular formula is C14H12N2O2. The average molecular weight is 240 g/mol. The van der Waals surface area contributed by atoms with Gasteiger partial charge in [-0.1, -0.05) is 12.1 Å². The van der Waals surface area contributed by atoms with Crippen LogP contribution < -0.4 is 5.56 Å². The van der Waals surface area contributed by atoms with Gasteiger partial charge in [-0.05, 0) is 36.2 Å². The molecule has 0 fully saturated rings. The SMILES string of the molecule is Cc1cc(Cc2ccc(C#N)cc2)n(O)c(=O)c1. The molecule has 0 aliphatic carbocycles. The molecule has 4 nitrogen and oxygen atoms in total. The molecule has 2 aromatic rings. The summed E-state index contributed by atoms with van der Waals surface area (Å²) in [6.07, 6.45) is 0.444. The maximum Gasteiger partial charge on any atom is 0.283 e. The monoisotopic (exact) mass is 240 g/mol. The van der Waals surface area contributed by atoms with Gasteiger partial charge in [0.25, 0.3) is 5.56 Å². The molecule has 1 aromatic heterocycles. The third-order valence-corrected chi connectivity index (χ3v) is 2.69. The zero-order valence-electron chi connectivity index (χ0n) is 9.92. The third kappa shape index (κ3) is 2.41. The quantitative estimate of drug-likeness (QED) is 0.815. The van der Waals surface area contributed by atoms with Crippen LogP contribution in [0.4, 0.5) is 0 Å². The minimum absolute atomic E-state index is 0.432. The smallest absolute Gasteiger partial charge is 0.283 e. The van der Waals surface area contributed by atoms with E-state index in [0.29, 0.717) is 22.4 Å². The van der Waals surface area contributed by atoms with Gasteiger partial charge >= 0.3 is 0 Å². The van der Waals surface area contributed by atoms with Crippen molar-refractivity contribution in [3.05, 3.63) is 69.1 Å². The minimum atomic E-state index is -0.432. The summed E-state index contributed by atoms with van der Waals surface area (Å²) in [6.45, 7) is 1.81. The molecule has 2 rings (SSSR count). The molecule has 0 bridgehead atoms. The van der Waals surface area contributed by atoms with Crippen molar-refractivity contribution in [2.45, 2.75) is 13.3 Å². The highest BCUT2D eigenvalue weighted by atomic mass is 16.5. The zero-order valence-corrected chi connectivity index (χ0v) is 9.92. The maximum atomic E-state index is 11.4. The molecule has 1 N–H and O–H groups in total. The van der Waals surface area contributed by atoms with Crippen LogP contribution in [0.3, 0.4) is 0 Å². The Bertz CT molecular complexity index is 664. The van der Waals surface area contributed by atoms with E-state index in [9.17, 15) is 10.0 Å². The number of hydrogen-bond acceptors (Lipinski definition) is 3. The molecule has 0 aliphatic heterocycles. The number of hydrogen-bond donors (Lipinski definition) is 1. The van der Waals surface area contributed by atoms with Crippen molar-refractivity contribution in [1.82, 2.24) is 4.73 Å². The van der Waals surface area contributed by atoms with Gasteiger partial charge in [0, 0.05) is 12.5 Å². The molecule has 0 spiro atoms. The first-order valence-corrected chi connectivity index (χ1v) is 5.51. The molecular weight excluding hydrogens is 228 g/mol. The average Bonchev–Trinajstić information content (AvgIpc) is 2.36. The van der Waals surface area contributed by atoms with E-state index in [1.54, 1.807) is 18.2 Å². The van der Waals surface area contributed by atoms with Crippen LogP contribution in [0.2, 0.25) is 0 Å². The van der Waals surface area contributed by atoms with Crippen molar-refractivity contribution in [3.63, 3.8) is 0 Å². The molecule has 4 heteroatoms. The molecule has 0 aliphatic rings. The molecule has 0 radical (unpaired) electrons. The first-order chi connectivity index (χ1) is 8.60. The lowest BCUT2D eigenvalue weighted by Gasteiger charge is -2.07. The largest absolute Gasteiger partial charge is 0.425 e. The second-order valence-corrected chi connectivity index (χ2v) is 4.16. The third-order valence-electron chi connectivity index (χ3n) is 2.69. The fraction of sp³-hybridized carbons (Fsp3) is 0.143. The lowest BCUT2D eigenvalue weighted by Crippen LogP contribution is -2.21. The van der Waals surface area contributed by atoms with Gasteiger partial charge < -0.3 is 5.21 Å². The standard InChI is InChI=1S/C14H12N2O2/c1-10-6-13(16(18)14(17)7-10)8-11-2-4-12(9-15)5-3-11/h2-7,18H,8H2,1H3. The molecule has 0 saturated carbocycles. The van der Waals surface area contributed by atoms with Crippen LogP contribution >= 0.6 is 0 Å². The second kappa shape index (κ2) is 4.76. The van der Waals surface area contributed by atoms with E-state index in [2.05, 4.69) is 0 Å². The number of aromatic nitrogens is 1. The van der Waals surface area contributed by atoms with Crippen molar-refractivity contribution < 1.29 is 5.21 Å². The highest BCUT2D eigenvalue weighted by Crippen LogP contribution is 2.10. The molecule has 0 amide bonds. The van der Waals surface area contributed by atoms with E-state index in [1.807, 2.05) is 25.1 Å². The van der Waals surface area contributed by atoms with Gasteiger partial charge in [-0.3, -0.25) is 4.79 Å². The zero-order chi connectivity index (χ0) is 13.1. The number of pyridine rings is 1. The van der Waals surface area contributed by atoms with Crippen LogP contribution in [-0.4, -0.2) is 9.94 Å². The number of aryl methyl sites for hydroxylation is 1. The van der Waals surface area contributed by atoms with E-state index < -0.39 is 5.56 Å². The highest BCUT2D eigenvalue weighted by molar-refractivity contribution is 5.33. The molecule has 0 atom stereocenters. The summed E-state index contributed by atoms with van der Waals surface area (Å²) in [7, 11) is 0. The Balaban J connectivity index is 2.34. The van der Waals surface area contributed by atoms with E-state index >= 15 is 0 Å². The van der Waals surface area contributed by atoms with Crippen LogP contribution in [0.1, 0.15) is 22.4 Å². The first kappa shape index (κ1) is 11.9. The molecule has 1 heterocycles. The van der Waals surface area contributed by atoms with Crippen molar-refractivity contribution in [3.8, 4) is 6.07 Å². The Morgan fingerprint density at radius 1 is 1.28 bits per heavy atom. The molecule has 90 valence electrons. The normalized spacial score (nSPS) is 10.0. The summed E-state index contributed by atoms with van der Waals surface area (Å²) in [6, 6.07) is 12.2. The maximum absolute atomic E-state index is 11.4. The second-order valence-electron chi connectivity index (χ2n) is 4.16. The summed E-state index contributed by atoms with van der Waals surface area (Å²) >= 11 is 0. The van der Waals surface area contributed by atoms with E-state index in [4.69, 9.17) is 5.26 Å². The minimum Gasteiger partial charge on any atom is -0.425 e. The molecule has 1 aromatic carbocycles. The summed E-state index contributed by atoms with van der Waals surface area (Å²) in [5.74, 6) is 0. The van der Waals surface area contributed by atoms with E-state index in [-0.39, 0.29) is 0 Å². The summed E-state index contributed by atoms with van der Waals surface area (Å²) < 4.78 is 0.658. The fourth-order valence-corrected chi connectivity index (χ4v) is 1.80. The summed E-state index contributed by atoms with van der Waals surface area (Å²) in [4.78, 5) is 11.4. The van der Waals surface area contributed by atoms with Crippen LogP contribution in [0, 0.1) is 18.3 Å². The van der Waals surface area contributed by atoms with Gasteiger partial charge in [0.05, 0.1) is 17.3 Å². The van der Waals surface area contributed by atoms with Crippen molar-refractivity contribution in [2.75, 3.05) is 0 Å². The molecule has 0 unspecified atom stereocenters. The van der Waals surface area contributed by atoms with Gasteiger partial charge in [-0.15, -0.1) is 0 Å². The van der Waals surface area contributed by atoms with Crippen molar-refractivity contribution in [1.29, 1.82) is 5.26 Å². The first-order valence-electron chi connectivity index (χ1n) is 5.51. The fourth-order valence-electron chi connectivity index (χ4n) is 1.80. The Morgan fingerprint density at radius 3 is 2.56 bits per heavy atom. The molecule has 0 saturated heterocycles. The van der Waals surface area contributed by atoms with Gasteiger partial charge in [0.2, 0.25) is 0 Å². The van der Waals surface area contributed by atoms with Gasteiger partial charge in [-0.2, -0.15) is 9.99 Å². The number of nitriles is 1. The summed E-state index contributed by atoms with van der Waals surface area (Å²) in [5.41, 5.74) is 2.43. The van der Waals surface area contributed by atoms with Gasteiger partial charge in [0.1, 0.15) is 0 Å². The Morgan fingerprint density at radius 2 is 1.94 bits per heavy atom. The molecule has 18 heavy (non-hydrogen) atoms. The van der Waals surface area contributed by atoms with Crippen molar-refractivity contribution in [2.24, 2.45) is 0 Å². The van der Waals surface area contributed by atoms with Crippen LogP contribution in [-0.2, 0) is 6.42 Å². The number of benzene rings is 1. The van der Waals surface area contributed by atoms with Crippen LogP contribution in [0.25, 0.3) is 0 Å². The predicted octanol–water partition coefficient (Wildman–Crippen LogP) is 1.86. The predicted molar refractivity (Wildman–Crippen MR) is 66.6 cm³/mol. The highest BCUT2D eigenvalue weighted by Gasteiger charge is 2.05. The van der Waals surface area contributed by atoms with Crippen LogP contribution in [0.5, 0.6) is 0 Å². The van der Waals surface area contributed by atoms with Crippen LogP contribution in [0.15, 0.2) is 41.2 Å². The van der Waals surface area contributed by atoms with E-state index in [1.165, 1.54) is 6.07 Å².